The van der Waals surface area contributed by atoms with Gasteiger partial charge in [-0.15, -0.1) is 11.3 Å². The van der Waals surface area contributed by atoms with Gasteiger partial charge >= 0.3 is 0 Å². The summed E-state index contributed by atoms with van der Waals surface area (Å²) in [5.74, 6) is -0.150. The molecule has 1 aliphatic rings. The molecule has 0 saturated heterocycles. The number of sulfone groups is 1. The summed E-state index contributed by atoms with van der Waals surface area (Å²) < 4.78 is 25.8. The fourth-order valence-electron chi connectivity index (χ4n) is 3.94. The highest BCUT2D eigenvalue weighted by atomic mass is 35.5. The molecule has 1 amide bonds. The number of carbonyl (C=O) groups excluding carboxylic acids is 1. The summed E-state index contributed by atoms with van der Waals surface area (Å²) in [6, 6.07) is 16.1. The minimum absolute atomic E-state index is 0.0483. The van der Waals surface area contributed by atoms with Gasteiger partial charge in [-0.1, -0.05) is 29.3 Å². The van der Waals surface area contributed by atoms with E-state index in [0.717, 1.165) is 32.0 Å². The van der Waals surface area contributed by atoms with Crippen molar-refractivity contribution in [3.63, 3.8) is 0 Å². The predicted octanol–water partition coefficient (Wildman–Crippen LogP) is 6.34. The number of rotatable bonds is 5. The Morgan fingerprint density at radius 3 is 2.47 bits per heavy atom. The number of aromatic nitrogens is 1. The summed E-state index contributed by atoms with van der Waals surface area (Å²) in [4.78, 5) is 20.3. The van der Waals surface area contributed by atoms with E-state index in [-0.39, 0.29) is 21.6 Å². The molecular formula is C25H18Cl2N2O3S2. The van der Waals surface area contributed by atoms with Crippen LogP contribution in [0.2, 0.25) is 10.0 Å². The molecule has 0 unspecified atom stereocenters. The molecule has 2 aromatic heterocycles. The van der Waals surface area contributed by atoms with Crippen LogP contribution in [0.25, 0.3) is 20.9 Å². The van der Waals surface area contributed by atoms with Crippen LogP contribution < -0.4 is 0 Å². The molecule has 34 heavy (non-hydrogen) atoms. The number of hydrogen-bond donors (Lipinski definition) is 0. The van der Waals surface area contributed by atoms with Crippen molar-refractivity contribution in [3.05, 3.63) is 93.7 Å². The van der Waals surface area contributed by atoms with Crippen LogP contribution in [0.4, 0.5) is 0 Å². The van der Waals surface area contributed by atoms with Gasteiger partial charge in [0, 0.05) is 46.9 Å². The van der Waals surface area contributed by atoms with Crippen LogP contribution >= 0.6 is 34.5 Å². The molecule has 5 nitrogen and oxygen atoms in total. The fraction of sp³-hybridized carbons (Fsp3) is 0.120. The number of fused-ring (bicyclic) bond motifs is 1. The van der Waals surface area contributed by atoms with Crippen molar-refractivity contribution in [1.29, 1.82) is 0 Å². The standard InChI is InChI=1S/C25H18Cl2N2O3S2/c1-29-13-18-9-16(2-4-20(18)25(29)30)23-6-7-24(33-23)17-8-15(11-28-12-17)14-34(31,32)19-3-5-21(26)22(27)10-19/h2-12H,13-14H2,1H3. The van der Waals surface area contributed by atoms with Crippen LogP contribution in [0.15, 0.2) is 71.9 Å². The van der Waals surface area contributed by atoms with E-state index < -0.39 is 9.84 Å². The molecule has 0 atom stereocenters. The van der Waals surface area contributed by atoms with E-state index in [1.807, 2.05) is 30.3 Å². The van der Waals surface area contributed by atoms with Gasteiger partial charge in [-0.3, -0.25) is 9.78 Å². The zero-order chi connectivity index (χ0) is 24.0. The number of amides is 1. The molecule has 3 heterocycles. The van der Waals surface area contributed by atoms with Crippen LogP contribution in [0, 0.1) is 0 Å². The Labute approximate surface area is 211 Å². The van der Waals surface area contributed by atoms with Crippen molar-refractivity contribution in [2.24, 2.45) is 0 Å². The molecule has 172 valence electrons. The second-order valence-electron chi connectivity index (χ2n) is 8.11. The predicted molar refractivity (Wildman–Crippen MR) is 136 cm³/mol. The SMILES string of the molecule is CN1Cc2cc(-c3ccc(-c4cncc(CS(=O)(=O)c5ccc(Cl)c(Cl)c5)c4)s3)ccc2C1=O. The second kappa shape index (κ2) is 8.82. The lowest BCUT2D eigenvalue weighted by Gasteiger charge is -2.07. The van der Waals surface area contributed by atoms with Gasteiger partial charge in [-0.05, 0) is 65.2 Å². The molecule has 0 radical (unpaired) electrons. The van der Waals surface area contributed by atoms with Gasteiger partial charge in [0.25, 0.3) is 5.91 Å². The van der Waals surface area contributed by atoms with Gasteiger partial charge in [0.05, 0.1) is 20.7 Å². The molecule has 9 heteroatoms. The van der Waals surface area contributed by atoms with E-state index >= 15 is 0 Å². The zero-order valence-electron chi connectivity index (χ0n) is 18.0. The molecule has 2 aromatic carbocycles. The fourth-order valence-corrected chi connectivity index (χ4v) is 6.62. The van der Waals surface area contributed by atoms with E-state index in [4.69, 9.17) is 23.2 Å². The molecule has 0 N–H and O–H groups in total. The highest BCUT2D eigenvalue weighted by Crippen LogP contribution is 2.36. The first-order valence-electron chi connectivity index (χ1n) is 10.3. The van der Waals surface area contributed by atoms with E-state index in [0.29, 0.717) is 17.1 Å². The van der Waals surface area contributed by atoms with Gasteiger partial charge in [-0.25, -0.2) is 8.42 Å². The van der Waals surface area contributed by atoms with Crippen LogP contribution in [-0.4, -0.2) is 31.3 Å². The molecule has 0 aliphatic carbocycles. The minimum Gasteiger partial charge on any atom is -0.337 e. The van der Waals surface area contributed by atoms with Crippen LogP contribution in [0.5, 0.6) is 0 Å². The number of thiophene rings is 1. The number of hydrogen-bond acceptors (Lipinski definition) is 5. The molecule has 0 saturated carbocycles. The molecule has 0 fully saturated rings. The Hall–Kier alpha value is -2.71. The topological polar surface area (TPSA) is 67.3 Å². The van der Waals surface area contributed by atoms with Crippen molar-refractivity contribution in [3.8, 4) is 20.9 Å². The monoisotopic (exact) mass is 528 g/mol. The first-order chi connectivity index (χ1) is 16.2. The first kappa shape index (κ1) is 23.1. The molecule has 4 aromatic rings. The molecular weight excluding hydrogens is 511 g/mol. The van der Waals surface area contributed by atoms with Crippen LogP contribution in [-0.2, 0) is 22.1 Å². The summed E-state index contributed by atoms with van der Waals surface area (Å²) in [5, 5.41) is 0.503. The maximum absolute atomic E-state index is 12.9. The van der Waals surface area contributed by atoms with Crippen molar-refractivity contribution in [2.75, 3.05) is 7.05 Å². The zero-order valence-corrected chi connectivity index (χ0v) is 21.1. The third-order valence-electron chi connectivity index (χ3n) is 5.67. The molecule has 5 rings (SSSR count). The number of halogens is 2. The van der Waals surface area contributed by atoms with Gasteiger partial charge in [-0.2, -0.15) is 0 Å². The quantitative estimate of drug-likeness (QED) is 0.303. The number of pyridine rings is 1. The molecule has 0 spiro atoms. The third kappa shape index (κ3) is 4.36. The van der Waals surface area contributed by atoms with E-state index in [1.54, 1.807) is 35.7 Å². The maximum atomic E-state index is 12.9. The highest BCUT2D eigenvalue weighted by Gasteiger charge is 2.24. The third-order valence-corrected chi connectivity index (χ3v) is 9.27. The van der Waals surface area contributed by atoms with Crippen molar-refractivity contribution in [2.45, 2.75) is 17.2 Å². The van der Waals surface area contributed by atoms with Crippen molar-refractivity contribution in [1.82, 2.24) is 9.88 Å². The molecule has 0 bridgehead atoms. The van der Waals surface area contributed by atoms with Gasteiger partial charge in [0.2, 0.25) is 0 Å². The number of carbonyl (C=O) groups is 1. The average molecular weight is 529 g/mol. The Morgan fingerprint density at radius 1 is 0.941 bits per heavy atom. The summed E-state index contributed by atoms with van der Waals surface area (Å²) in [7, 11) is -1.82. The minimum atomic E-state index is -3.62. The first-order valence-corrected chi connectivity index (χ1v) is 13.5. The lowest BCUT2D eigenvalue weighted by atomic mass is 10.1. The lowest BCUT2D eigenvalue weighted by Crippen LogP contribution is -2.17. The van der Waals surface area contributed by atoms with Gasteiger partial charge < -0.3 is 4.90 Å². The summed E-state index contributed by atoms with van der Waals surface area (Å²) in [5.41, 5.74) is 4.25. The largest absolute Gasteiger partial charge is 0.337 e. The Balaban J connectivity index is 1.40. The normalized spacial score (nSPS) is 13.4. The summed E-state index contributed by atoms with van der Waals surface area (Å²) in [6.07, 6.45) is 3.28. The second-order valence-corrected chi connectivity index (χ2v) is 12.0. The number of nitrogens with zero attached hydrogens (tertiary/aromatic N) is 2. The summed E-state index contributed by atoms with van der Waals surface area (Å²) in [6.45, 7) is 0.611. The van der Waals surface area contributed by atoms with E-state index in [1.165, 1.54) is 18.2 Å². The van der Waals surface area contributed by atoms with Crippen LogP contribution in [0.1, 0.15) is 21.5 Å². The van der Waals surface area contributed by atoms with Crippen molar-refractivity contribution >= 4 is 50.3 Å². The van der Waals surface area contributed by atoms with Crippen LogP contribution in [0.3, 0.4) is 0 Å². The van der Waals surface area contributed by atoms with Gasteiger partial charge in [0.15, 0.2) is 9.84 Å². The Kier molecular flexibility index (Phi) is 5.98. The Morgan fingerprint density at radius 2 is 1.71 bits per heavy atom. The van der Waals surface area contributed by atoms with E-state index in [9.17, 15) is 13.2 Å². The smallest absolute Gasteiger partial charge is 0.254 e. The maximum Gasteiger partial charge on any atom is 0.254 e. The van der Waals surface area contributed by atoms with Crippen molar-refractivity contribution < 1.29 is 13.2 Å². The highest BCUT2D eigenvalue weighted by molar-refractivity contribution is 7.90. The average Bonchev–Trinajstić information content (AvgIpc) is 3.40. The van der Waals surface area contributed by atoms with Gasteiger partial charge in [0.1, 0.15) is 0 Å². The lowest BCUT2D eigenvalue weighted by molar-refractivity contribution is 0.0816. The summed E-state index contributed by atoms with van der Waals surface area (Å²) >= 11 is 13.5. The molecule has 1 aliphatic heterocycles. The van der Waals surface area contributed by atoms with E-state index in [2.05, 4.69) is 11.1 Å². The number of benzene rings is 2. The Bertz CT molecular complexity index is 1550.